The van der Waals surface area contributed by atoms with Crippen LogP contribution in [0.4, 0.5) is 5.69 Å². The van der Waals surface area contributed by atoms with Gasteiger partial charge in [0.05, 0.1) is 4.92 Å². The molecule has 8 heteroatoms. The molecule has 28 heavy (non-hydrogen) atoms. The third-order valence-electron chi connectivity index (χ3n) is 4.88. The van der Waals surface area contributed by atoms with E-state index in [0.717, 1.165) is 19.6 Å². The standard InChI is InChI=1S/C20H37N5O3/c1-5-8-10-12-23(13-11-9-6-2)15-17(4)22-20(26)19(7-3)24-16-18(14-21-24)25(27)28/h14,16-17,19H,5-13,15H2,1-4H3,(H,22,26). The van der Waals surface area contributed by atoms with E-state index < -0.39 is 11.0 Å². The molecule has 1 heterocycles. The molecule has 1 amide bonds. The number of carbonyl (C=O) groups is 1. The molecule has 160 valence electrons. The molecule has 1 aromatic rings. The van der Waals surface area contributed by atoms with E-state index in [4.69, 9.17) is 0 Å². The van der Waals surface area contributed by atoms with E-state index in [9.17, 15) is 14.9 Å². The average Bonchev–Trinajstić information content (AvgIpc) is 3.12. The quantitative estimate of drug-likeness (QED) is 0.276. The summed E-state index contributed by atoms with van der Waals surface area (Å²) in [7, 11) is 0. The van der Waals surface area contributed by atoms with Gasteiger partial charge in [-0.05, 0) is 39.3 Å². The topological polar surface area (TPSA) is 93.3 Å². The Balaban J connectivity index is 2.62. The Kier molecular flexibility index (Phi) is 11.4. The number of hydrogen-bond donors (Lipinski definition) is 1. The summed E-state index contributed by atoms with van der Waals surface area (Å²) in [4.78, 5) is 25.5. The lowest BCUT2D eigenvalue weighted by atomic mass is 10.1. The van der Waals surface area contributed by atoms with Crippen LogP contribution in [0.15, 0.2) is 12.4 Å². The molecule has 0 aromatic carbocycles. The summed E-state index contributed by atoms with van der Waals surface area (Å²) >= 11 is 0. The van der Waals surface area contributed by atoms with Gasteiger partial charge in [-0.15, -0.1) is 0 Å². The number of nitrogens with zero attached hydrogens (tertiary/aromatic N) is 4. The van der Waals surface area contributed by atoms with E-state index in [-0.39, 0.29) is 17.6 Å². The molecule has 0 fully saturated rings. The predicted molar refractivity (Wildman–Crippen MR) is 111 cm³/mol. The van der Waals surface area contributed by atoms with Crippen molar-refractivity contribution in [1.29, 1.82) is 0 Å². The van der Waals surface area contributed by atoms with E-state index in [1.807, 2.05) is 13.8 Å². The number of nitro groups is 1. The molecule has 1 N–H and O–H groups in total. The summed E-state index contributed by atoms with van der Waals surface area (Å²) < 4.78 is 1.39. The fraction of sp³-hybridized carbons (Fsp3) is 0.800. The second-order valence-electron chi connectivity index (χ2n) is 7.48. The van der Waals surface area contributed by atoms with Crippen LogP contribution in [-0.4, -0.2) is 51.2 Å². The minimum Gasteiger partial charge on any atom is -0.351 e. The van der Waals surface area contributed by atoms with Crippen molar-refractivity contribution < 1.29 is 9.72 Å². The number of amides is 1. The maximum atomic E-state index is 12.7. The van der Waals surface area contributed by atoms with Gasteiger partial charge in [-0.2, -0.15) is 5.10 Å². The highest BCUT2D eigenvalue weighted by Gasteiger charge is 2.23. The van der Waals surface area contributed by atoms with Crippen LogP contribution in [-0.2, 0) is 4.79 Å². The van der Waals surface area contributed by atoms with Crippen molar-refractivity contribution in [3.8, 4) is 0 Å². The highest BCUT2D eigenvalue weighted by molar-refractivity contribution is 5.80. The summed E-state index contributed by atoms with van der Waals surface area (Å²) in [6, 6.07) is -0.528. The van der Waals surface area contributed by atoms with Gasteiger partial charge < -0.3 is 10.2 Å². The van der Waals surface area contributed by atoms with Crippen LogP contribution in [0.3, 0.4) is 0 Å². The number of unbranched alkanes of at least 4 members (excludes halogenated alkanes) is 4. The van der Waals surface area contributed by atoms with Crippen LogP contribution in [0.5, 0.6) is 0 Å². The lowest BCUT2D eigenvalue weighted by molar-refractivity contribution is -0.385. The maximum Gasteiger partial charge on any atom is 0.307 e. The fourth-order valence-electron chi connectivity index (χ4n) is 3.32. The van der Waals surface area contributed by atoms with Gasteiger partial charge in [0.15, 0.2) is 0 Å². The zero-order valence-corrected chi connectivity index (χ0v) is 17.9. The fourth-order valence-corrected chi connectivity index (χ4v) is 3.32. The van der Waals surface area contributed by atoms with Gasteiger partial charge in [-0.1, -0.05) is 46.5 Å². The van der Waals surface area contributed by atoms with Gasteiger partial charge in [0, 0.05) is 12.6 Å². The zero-order valence-electron chi connectivity index (χ0n) is 17.9. The second-order valence-corrected chi connectivity index (χ2v) is 7.48. The van der Waals surface area contributed by atoms with Gasteiger partial charge in [-0.3, -0.25) is 19.6 Å². The predicted octanol–water partition coefficient (Wildman–Crippen LogP) is 3.93. The highest BCUT2D eigenvalue weighted by atomic mass is 16.6. The summed E-state index contributed by atoms with van der Waals surface area (Å²) in [6.07, 6.45) is 10.2. The van der Waals surface area contributed by atoms with Gasteiger partial charge in [0.25, 0.3) is 0 Å². The molecule has 0 aliphatic heterocycles. The first-order chi connectivity index (χ1) is 13.4. The summed E-state index contributed by atoms with van der Waals surface area (Å²) in [5.41, 5.74) is -0.0997. The summed E-state index contributed by atoms with van der Waals surface area (Å²) in [6.45, 7) is 11.2. The van der Waals surface area contributed by atoms with Gasteiger partial charge >= 0.3 is 5.69 Å². The normalized spacial score (nSPS) is 13.5. The molecule has 1 rings (SSSR count). The molecule has 0 saturated heterocycles. The Bertz CT molecular complexity index is 580. The van der Waals surface area contributed by atoms with Crippen molar-refractivity contribution in [2.45, 2.75) is 84.7 Å². The van der Waals surface area contributed by atoms with E-state index in [1.54, 1.807) is 0 Å². The van der Waals surface area contributed by atoms with Crippen molar-refractivity contribution in [1.82, 2.24) is 20.0 Å². The third kappa shape index (κ3) is 8.37. The van der Waals surface area contributed by atoms with Crippen LogP contribution in [0, 0.1) is 10.1 Å². The van der Waals surface area contributed by atoms with Crippen molar-refractivity contribution in [3.05, 3.63) is 22.5 Å². The largest absolute Gasteiger partial charge is 0.351 e. The SMILES string of the molecule is CCCCCN(CCCCC)CC(C)NC(=O)C(CC)n1cc([N+](=O)[O-])cn1. The molecule has 0 spiro atoms. The Morgan fingerprint density at radius 1 is 1.21 bits per heavy atom. The zero-order chi connectivity index (χ0) is 20.9. The molecule has 0 radical (unpaired) electrons. The molecule has 0 saturated carbocycles. The maximum absolute atomic E-state index is 12.7. The molecular weight excluding hydrogens is 358 g/mol. The Hall–Kier alpha value is -1.96. The van der Waals surface area contributed by atoms with Crippen LogP contribution < -0.4 is 5.32 Å². The molecular formula is C20H37N5O3. The first-order valence-corrected chi connectivity index (χ1v) is 10.6. The Morgan fingerprint density at radius 3 is 2.29 bits per heavy atom. The smallest absolute Gasteiger partial charge is 0.307 e. The lowest BCUT2D eigenvalue weighted by Gasteiger charge is -2.27. The summed E-state index contributed by atoms with van der Waals surface area (Å²) in [5.74, 6) is -0.143. The van der Waals surface area contributed by atoms with Crippen LogP contribution in [0.1, 0.15) is 78.7 Å². The average molecular weight is 396 g/mol. The second kappa shape index (κ2) is 13.3. The first-order valence-electron chi connectivity index (χ1n) is 10.6. The van der Waals surface area contributed by atoms with Crippen LogP contribution in [0.2, 0.25) is 0 Å². The Morgan fingerprint density at radius 2 is 1.82 bits per heavy atom. The van der Waals surface area contributed by atoms with Gasteiger partial charge in [0.2, 0.25) is 5.91 Å². The molecule has 0 aliphatic rings. The van der Waals surface area contributed by atoms with Crippen molar-refractivity contribution in [2.75, 3.05) is 19.6 Å². The van der Waals surface area contributed by atoms with Crippen LogP contribution >= 0.6 is 0 Å². The Labute approximate surface area is 168 Å². The molecule has 0 aliphatic carbocycles. The monoisotopic (exact) mass is 395 g/mol. The molecule has 2 unspecified atom stereocenters. The van der Waals surface area contributed by atoms with Gasteiger partial charge in [-0.25, -0.2) is 0 Å². The lowest BCUT2D eigenvalue weighted by Crippen LogP contribution is -2.45. The highest BCUT2D eigenvalue weighted by Crippen LogP contribution is 2.16. The first kappa shape index (κ1) is 24.1. The minimum atomic E-state index is -0.537. The van der Waals surface area contributed by atoms with Crippen molar-refractivity contribution in [2.24, 2.45) is 0 Å². The number of aromatic nitrogens is 2. The number of nitrogens with one attached hydrogen (secondary N) is 1. The molecule has 8 nitrogen and oxygen atoms in total. The van der Waals surface area contributed by atoms with E-state index in [1.165, 1.54) is 55.6 Å². The molecule has 0 bridgehead atoms. The molecule has 2 atom stereocenters. The van der Waals surface area contributed by atoms with E-state index in [2.05, 4.69) is 29.2 Å². The van der Waals surface area contributed by atoms with Crippen molar-refractivity contribution >= 4 is 11.6 Å². The van der Waals surface area contributed by atoms with Crippen LogP contribution in [0.25, 0.3) is 0 Å². The van der Waals surface area contributed by atoms with E-state index in [0.29, 0.717) is 6.42 Å². The summed E-state index contributed by atoms with van der Waals surface area (Å²) in [5, 5.41) is 17.9. The van der Waals surface area contributed by atoms with E-state index >= 15 is 0 Å². The number of rotatable bonds is 15. The minimum absolute atomic E-state index is 0.00958. The third-order valence-corrected chi connectivity index (χ3v) is 4.88. The molecule has 1 aromatic heterocycles. The number of carbonyl (C=O) groups excluding carboxylic acids is 1. The van der Waals surface area contributed by atoms with Gasteiger partial charge in [0.1, 0.15) is 18.4 Å². The number of hydrogen-bond acceptors (Lipinski definition) is 5. The van der Waals surface area contributed by atoms with Crippen molar-refractivity contribution in [3.63, 3.8) is 0 Å².